The molecule has 45 heavy (non-hydrogen) atoms. The Morgan fingerprint density at radius 3 is 1.38 bits per heavy atom. The van der Waals surface area contributed by atoms with Gasteiger partial charge in [-0.1, -0.05) is 168 Å². The van der Waals surface area contributed by atoms with Crippen molar-refractivity contribution in [3.63, 3.8) is 0 Å². The van der Waals surface area contributed by atoms with Crippen molar-refractivity contribution in [3.8, 4) is 56.2 Å². The highest BCUT2D eigenvalue weighted by molar-refractivity contribution is 9.10. The summed E-state index contributed by atoms with van der Waals surface area (Å²) < 4.78 is 1.11. The molecule has 0 bridgehead atoms. The molecule has 0 aliphatic carbocycles. The molecule has 8 rings (SSSR count). The Hall–Kier alpha value is -5.38. The molecule has 1 heterocycles. The van der Waals surface area contributed by atoms with E-state index in [2.05, 4.69) is 143 Å². The summed E-state index contributed by atoms with van der Waals surface area (Å²) in [6.07, 6.45) is 0. The molecule has 0 radical (unpaired) electrons. The van der Waals surface area contributed by atoms with Crippen LogP contribution in [0.15, 0.2) is 168 Å². The molecule has 0 amide bonds. The molecule has 7 aromatic carbocycles. The number of nitrogens with zero attached hydrogens (tertiary/aromatic N) is 2. The largest absolute Gasteiger partial charge is 0.228 e. The first-order valence-corrected chi connectivity index (χ1v) is 15.8. The fourth-order valence-electron chi connectivity index (χ4n) is 6.17. The second-order valence-corrected chi connectivity index (χ2v) is 12.0. The Morgan fingerprint density at radius 2 is 0.756 bits per heavy atom. The van der Waals surface area contributed by atoms with Gasteiger partial charge in [0.25, 0.3) is 0 Å². The summed E-state index contributed by atoms with van der Waals surface area (Å²) >= 11 is 3.74. The van der Waals surface area contributed by atoms with Crippen LogP contribution >= 0.6 is 15.9 Å². The molecular weight excluding hydrogens is 612 g/mol. The topological polar surface area (TPSA) is 25.8 Å². The lowest BCUT2D eigenvalue weighted by atomic mass is 9.90. The molecule has 0 unspecified atom stereocenters. The predicted molar refractivity (Wildman–Crippen MR) is 192 cm³/mol. The van der Waals surface area contributed by atoms with E-state index in [1.807, 2.05) is 36.4 Å². The molecule has 0 spiro atoms. The quantitative estimate of drug-likeness (QED) is 0.187. The first-order chi connectivity index (χ1) is 22.2. The third kappa shape index (κ3) is 5.12. The summed E-state index contributed by atoms with van der Waals surface area (Å²) in [5.74, 6) is 0.720. The Kier molecular flexibility index (Phi) is 7.01. The van der Waals surface area contributed by atoms with Crippen LogP contribution in [0.1, 0.15) is 0 Å². The maximum absolute atomic E-state index is 5.01. The average Bonchev–Trinajstić information content (AvgIpc) is 3.12. The van der Waals surface area contributed by atoms with Gasteiger partial charge in [0.1, 0.15) is 0 Å². The van der Waals surface area contributed by atoms with Crippen LogP contribution < -0.4 is 0 Å². The highest BCUT2D eigenvalue weighted by Gasteiger charge is 2.14. The van der Waals surface area contributed by atoms with E-state index in [0.29, 0.717) is 0 Å². The number of benzene rings is 7. The third-order valence-corrected chi connectivity index (χ3v) is 9.10. The monoisotopic (exact) mass is 638 g/mol. The highest BCUT2D eigenvalue weighted by atomic mass is 79.9. The van der Waals surface area contributed by atoms with Gasteiger partial charge in [-0.15, -0.1) is 0 Å². The highest BCUT2D eigenvalue weighted by Crippen LogP contribution is 2.40. The van der Waals surface area contributed by atoms with Crippen LogP contribution in [0.25, 0.3) is 77.7 Å². The van der Waals surface area contributed by atoms with Gasteiger partial charge in [-0.3, -0.25) is 0 Å². The smallest absolute Gasteiger partial charge is 0.160 e. The molecule has 0 saturated carbocycles. The lowest BCUT2D eigenvalue weighted by molar-refractivity contribution is 1.18. The fourth-order valence-corrected chi connectivity index (χ4v) is 6.65. The van der Waals surface area contributed by atoms with Gasteiger partial charge in [0, 0.05) is 21.2 Å². The van der Waals surface area contributed by atoms with Crippen LogP contribution in [-0.2, 0) is 0 Å². The molecule has 2 nitrogen and oxygen atoms in total. The summed E-state index contributed by atoms with van der Waals surface area (Å²) in [5.41, 5.74) is 9.78. The van der Waals surface area contributed by atoms with Gasteiger partial charge in [0.05, 0.1) is 11.4 Å². The van der Waals surface area contributed by atoms with E-state index >= 15 is 0 Å². The van der Waals surface area contributed by atoms with Crippen molar-refractivity contribution in [1.29, 1.82) is 0 Å². The maximum atomic E-state index is 5.01. The zero-order valence-corrected chi connectivity index (χ0v) is 25.9. The first-order valence-electron chi connectivity index (χ1n) is 15.0. The number of fused-ring (bicyclic) bond motifs is 2. The van der Waals surface area contributed by atoms with Gasteiger partial charge < -0.3 is 0 Å². The van der Waals surface area contributed by atoms with Gasteiger partial charge in [-0.25, -0.2) is 9.97 Å². The summed E-state index contributed by atoms with van der Waals surface area (Å²) in [5, 5.41) is 4.93. The van der Waals surface area contributed by atoms with Crippen molar-refractivity contribution in [3.05, 3.63) is 168 Å². The molecular formula is C42H27BrN2. The maximum Gasteiger partial charge on any atom is 0.160 e. The van der Waals surface area contributed by atoms with Crippen molar-refractivity contribution in [1.82, 2.24) is 9.97 Å². The van der Waals surface area contributed by atoms with Crippen molar-refractivity contribution >= 4 is 37.5 Å². The number of hydrogen-bond acceptors (Lipinski definition) is 2. The molecule has 3 heteroatoms. The van der Waals surface area contributed by atoms with Crippen molar-refractivity contribution in [2.75, 3.05) is 0 Å². The van der Waals surface area contributed by atoms with Crippen molar-refractivity contribution in [2.24, 2.45) is 0 Å². The number of halogens is 1. The predicted octanol–water partition coefficient (Wildman–Crippen LogP) is 11.9. The average molecular weight is 640 g/mol. The normalized spacial score (nSPS) is 11.2. The van der Waals surface area contributed by atoms with Gasteiger partial charge in [-0.2, -0.15) is 0 Å². The molecule has 0 N–H and O–H groups in total. The minimum atomic E-state index is 0.720. The van der Waals surface area contributed by atoms with Crippen LogP contribution in [0, 0.1) is 0 Å². The fraction of sp³-hybridized carbons (Fsp3) is 0. The Labute approximate surface area is 270 Å². The minimum Gasteiger partial charge on any atom is -0.228 e. The van der Waals surface area contributed by atoms with Gasteiger partial charge >= 0.3 is 0 Å². The zero-order valence-electron chi connectivity index (χ0n) is 24.4. The van der Waals surface area contributed by atoms with Crippen LogP contribution in [-0.4, -0.2) is 9.97 Å². The number of aromatic nitrogens is 2. The molecule has 0 fully saturated rings. The molecule has 0 aliphatic heterocycles. The molecule has 8 aromatic rings. The minimum absolute atomic E-state index is 0.720. The molecule has 0 atom stereocenters. The SMILES string of the molecule is Brc1ccc(-c2ccc(-c3ccc(-c4cc(-c5ccccc5)nc(-c5ccccc5)n4)cc3)c3ccccc23)c2ccccc12. The van der Waals surface area contributed by atoms with E-state index in [1.165, 1.54) is 43.8 Å². The lowest BCUT2D eigenvalue weighted by Crippen LogP contribution is -1.95. The standard InChI is InChI=1S/C42H27BrN2/c43-39-26-25-37(35-17-9-10-18-38(35)39)36-24-23-32(33-15-7-8-16-34(33)36)28-19-21-30(22-20-28)41-27-40(29-11-3-1-4-12-29)44-42(45-41)31-13-5-2-6-14-31/h1-27H. The summed E-state index contributed by atoms with van der Waals surface area (Å²) in [4.78, 5) is 9.96. The van der Waals surface area contributed by atoms with Crippen LogP contribution in [0.4, 0.5) is 0 Å². The first kappa shape index (κ1) is 27.2. The van der Waals surface area contributed by atoms with E-state index in [0.717, 1.165) is 38.4 Å². The van der Waals surface area contributed by atoms with Gasteiger partial charge in [0.15, 0.2) is 5.82 Å². The van der Waals surface area contributed by atoms with E-state index in [1.54, 1.807) is 0 Å². The van der Waals surface area contributed by atoms with E-state index in [9.17, 15) is 0 Å². The van der Waals surface area contributed by atoms with Gasteiger partial charge in [-0.05, 0) is 55.9 Å². The number of rotatable bonds is 5. The summed E-state index contributed by atoms with van der Waals surface area (Å²) in [6.45, 7) is 0. The third-order valence-electron chi connectivity index (χ3n) is 8.40. The second-order valence-electron chi connectivity index (χ2n) is 11.1. The lowest BCUT2D eigenvalue weighted by Gasteiger charge is -2.15. The molecule has 0 aliphatic rings. The Morgan fingerprint density at radius 1 is 0.333 bits per heavy atom. The number of hydrogen-bond donors (Lipinski definition) is 0. The Balaban J connectivity index is 1.22. The van der Waals surface area contributed by atoms with E-state index in [4.69, 9.17) is 9.97 Å². The van der Waals surface area contributed by atoms with Crippen molar-refractivity contribution in [2.45, 2.75) is 0 Å². The Bertz CT molecular complexity index is 2250. The molecule has 0 saturated heterocycles. The zero-order chi connectivity index (χ0) is 30.2. The van der Waals surface area contributed by atoms with Crippen LogP contribution in [0.3, 0.4) is 0 Å². The van der Waals surface area contributed by atoms with E-state index in [-0.39, 0.29) is 0 Å². The van der Waals surface area contributed by atoms with Crippen LogP contribution in [0.5, 0.6) is 0 Å². The van der Waals surface area contributed by atoms with Crippen molar-refractivity contribution < 1.29 is 0 Å². The second kappa shape index (κ2) is 11.6. The molecule has 212 valence electrons. The summed E-state index contributed by atoms with van der Waals surface area (Å²) in [6, 6.07) is 57.5. The van der Waals surface area contributed by atoms with E-state index < -0.39 is 0 Å². The summed E-state index contributed by atoms with van der Waals surface area (Å²) in [7, 11) is 0. The van der Waals surface area contributed by atoms with Gasteiger partial charge in [0.2, 0.25) is 0 Å². The molecule has 1 aromatic heterocycles. The van der Waals surface area contributed by atoms with Crippen LogP contribution in [0.2, 0.25) is 0 Å².